The summed E-state index contributed by atoms with van der Waals surface area (Å²) in [6.45, 7) is 0.0587. The van der Waals surface area contributed by atoms with E-state index in [1.54, 1.807) is 10.6 Å². The normalized spacial score (nSPS) is 21.9. The number of aliphatic hydroxyl groups is 1. The third-order valence-electron chi connectivity index (χ3n) is 3.63. The lowest BCUT2D eigenvalue weighted by Crippen LogP contribution is -2.41. The molecule has 21 heavy (non-hydrogen) atoms. The molecule has 0 radical (unpaired) electrons. The number of β-amino-alcohol motifs (C(OH)–C–C–N with tert-alkyl or cyclic N) is 1. The molecular formula is C14H15N3O4. The Morgan fingerprint density at radius 1 is 1.38 bits per heavy atom. The van der Waals surface area contributed by atoms with Gasteiger partial charge in [-0.1, -0.05) is 6.07 Å². The number of amides is 1. The van der Waals surface area contributed by atoms with Gasteiger partial charge in [-0.2, -0.15) is 0 Å². The molecule has 0 saturated carbocycles. The number of aliphatic hydroxyl groups excluding tert-OH is 1. The molecule has 2 N–H and O–H groups in total. The van der Waals surface area contributed by atoms with Gasteiger partial charge in [0.1, 0.15) is 11.7 Å². The Labute approximate surface area is 120 Å². The van der Waals surface area contributed by atoms with Crippen molar-refractivity contribution in [3.63, 3.8) is 0 Å². The predicted octanol–water partition coefficient (Wildman–Crippen LogP) is -0.0768. The highest BCUT2D eigenvalue weighted by molar-refractivity contribution is 5.85. The van der Waals surface area contributed by atoms with Gasteiger partial charge in [0.05, 0.1) is 18.2 Å². The SMILES string of the molecule is O=C(O)[C@@H]1CC(O)CN1C(=O)Cc1cn2ccccc2n1. The molecule has 0 aliphatic carbocycles. The summed E-state index contributed by atoms with van der Waals surface area (Å²) in [4.78, 5) is 28.9. The highest BCUT2D eigenvalue weighted by Gasteiger charge is 2.38. The van der Waals surface area contributed by atoms with Crippen LogP contribution >= 0.6 is 0 Å². The zero-order valence-corrected chi connectivity index (χ0v) is 11.2. The van der Waals surface area contributed by atoms with Crippen molar-refractivity contribution >= 4 is 17.5 Å². The van der Waals surface area contributed by atoms with Crippen molar-refractivity contribution in [1.29, 1.82) is 0 Å². The van der Waals surface area contributed by atoms with Crippen LogP contribution in [0.5, 0.6) is 0 Å². The Morgan fingerprint density at radius 2 is 2.19 bits per heavy atom. The predicted molar refractivity (Wildman–Crippen MR) is 72.7 cm³/mol. The van der Waals surface area contributed by atoms with Gasteiger partial charge in [-0.05, 0) is 12.1 Å². The van der Waals surface area contributed by atoms with Gasteiger partial charge in [-0.15, -0.1) is 0 Å². The van der Waals surface area contributed by atoms with Crippen LogP contribution in [0, 0.1) is 0 Å². The van der Waals surface area contributed by atoms with E-state index in [2.05, 4.69) is 4.98 Å². The summed E-state index contributed by atoms with van der Waals surface area (Å²) in [5.74, 6) is -1.42. The van der Waals surface area contributed by atoms with Crippen LogP contribution < -0.4 is 0 Å². The number of carbonyl (C=O) groups is 2. The first-order chi connectivity index (χ1) is 10.0. The molecule has 0 aromatic carbocycles. The Bertz CT molecular complexity index is 663. The molecule has 2 aromatic rings. The number of likely N-dealkylation sites (tertiary alicyclic amines) is 1. The Hall–Kier alpha value is -2.41. The number of aromatic nitrogens is 2. The number of pyridine rings is 1. The van der Waals surface area contributed by atoms with E-state index in [0.29, 0.717) is 5.69 Å². The highest BCUT2D eigenvalue weighted by Crippen LogP contribution is 2.19. The molecular weight excluding hydrogens is 274 g/mol. The molecule has 1 unspecified atom stereocenters. The second kappa shape index (κ2) is 5.17. The maximum absolute atomic E-state index is 12.3. The fraction of sp³-hybridized carbons (Fsp3) is 0.357. The third-order valence-corrected chi connectivity index (χ3v) is 3.63. The average molecular weight is 289 g/mol. The van der Waals surface area contributed by atoms with Crippen molar-refractivity contribution < 1.29 is 19.8 Å². The molecule has 0 spiro atoms. The number of hydrogen-bond acceptors (Lipinski definition) is 4. The largest absolute Gasteiger partial charge is 0.480 e. The molecule has 1 aliphatic heterocycles. The Morgan fingerprint density at radius 3 is 2.90 bits per heavy atom. The topological polar surface area (TPSA) is 95.1 Å². The van der Waals surface area contributed by atoms with E-state index >= 15 is 0 Å². The molecule has 2 aromatic heterocycles. The van der Waals surface area contributed by atoms with Crippen molar-refractivity contribution in [2.24, 2.45) is 0 Å². The number of imidazole rings is 1. The van der Waals surface area contributed by atoms with Gasteiger partial charge in [0, 0.05) is 25.4 Å². The van der Waals surface area contributed by atoms with E-state index in [4.69, 9.17) is 5.11 Å². The lowest BCUT2D eigenvalue weighted by molar-refractivity contribution is -0.148. The van der Waals surface area contributed by atoms with E-state index in [9.17, 15) is 14.7 Å². The fourth-order valence-corrected chi connectivity index (χ4v) is 2.65. The van der Waals surface area contributed by atoms with E-state index < -0.39 is 18.1 Å². The van der Waals surface area contributed by atoms with Crippen LogP contribution in [-0.4, -0.2) is 55.1 Å². The fourth-order valence-electron chi connectivity index (χ4n) is 2.65. The number of aliphatic carboxylic acids is 1. The van der Waals surface area contributed by atoms with Gasteiger partial charge >= 0.3 is 5.97 Å². The number of carboxylic acid groups (broad SMARTS) is 1. The van der Waals surface area contributed by atoms with Crippen LogP contribution in [0.15, 0.2) is 30.6 Å². The smallest absolute Gasteiger partial charge is 0.326 e. The number of hydrogen-bond donors (Lipinski definition) is 2. The van der Waals surface area contributed by atoms with Gasteiger partial charge in [0.15, 0.2) is 0 Å². The molecule has 2 atom stereocenters. The standard InChI is InChI=1S/C14H15N3O4/c18-10-6-11(14(20)21)17(8-10)13(19)5-9-7-16-4-2-1-3-12(16)15-9/h1-4,7,10-11,18H,5-6,8H2,(H,20,21)/t10?,11-/m0/s1. The summed E-state index contributed by atoms with van der Waals surface area (Å²) in [5, 5.41) is 18.7. The van der Waals surface area contributed by atoms with Gasteiger partial charge in [-0.3, -0.25) is 4.79 Å². The Kier molecular flexibility index (Phi) is 3.34. The van der Waals surface area contributed by atoms with Gasteiger partial charge in [-0.25, -0.2) is 9.78 Å². The molecule has 110 valence electrons. The second-order valence-corrected chi connectivity index (χ2v) is 5.16. The quantitative estimate of drug-likeness (QED) is 0.824. The van der Waals surface area contributed by atoms with Crippen molar-refractivity contribution in [3.05, 3.63) is 36.3 Å². The number of rotatable bonds is 3. The molecule has 3 heterocycles. The van der Waals surface area contributed by atoms with E-state index in [0.717, 1.165) is 5.65 Å². The highest BCUT2D eigenvalue weighted by atomic mass is 16.4. The van der Waals surface area contributed by atoms with Gasteiger partial charge in [0.25, 0.3) is 0 Å². The van der Waals surface area contributed by atoms with Crippen molar-refractivity contribution in [2.75, 3.05) is 6.54 Å². The first kappa shape index (κ1) is 13.6. The van der Waals surface area contributed by atoms with Crippen LogP contribution in [0.2, 0.25) is 0 Å². The lowest BCUT2D eigenvalue weighted by atomic mass is 10.2. The average Bonchev–Trinajstić information content (AvgIpc) is 3.01. The van der Waals surface area contributed by atoms with Crippen molar-refractivity contribution in [3.8, 4) is 0 Å². The monoisotopic (exact) mass is 289 g/mol. The van der Waals surface area contributed by atoms with Crippen LogP contribution in [0.4, 0.5) is 0 Å². The second-order valence-electron chi connectivity index (χ2n) is 5.16. The van der Waals surface area contributed by atoms with Crippen LogP contribution in [0.1, 0.15) is 12.1 Å². The maximum atomic E-state index is 12.3. The van der Waals surface area contributed by atoms with E-state index in [1.807, 2.05) is 24.4 Å². The first-order valence-corrected chi connectivity index (χ1v) is 6.67. The molecule has 1 saturated heterocycles. The van der Waals surface area contributed by atoms with E-state index in [-0.39, 0.29) is 25.3 Å². The molecule has 1 aliphatic rings. The summed E-state index contributed by atoms with van der Waals surface area (Å²) in [7, 11) is 0. The van der Waals surface area contributed by atoms with E-state index in [1.165, 1.54) is 4.90 Å². The van der Waals surface area contributed by atoms with Crippen LogP contribution in [0.25, 0.3) is 5.65 Å². The van der Waals surface area contributed by atoms with Crippen molar-refractivity contribution in [1.82, 2.24) is 14.3 Å². The first-order valence-electron chi connectivity index (χ1n) is 6.67. The lowest BCUT2D eigenvalue weighted by Gasteiger charge is -2.20. The summed E-state index contributed by atoms with van der Waals surface area (Å²) < 4.78 is 1.80. The minimum absolute atomic E-state index is 0.0260. The zero-order valence-electron chi connectivity index (χ0n) is 11.2. The molecule has 0 bridgehead atoms. The summed E-state index contributed by atoms with van der Waals surface area (Å²) >= 11 is 0. The Balaban J connectivity index is 1.77. The number of carbonyl (C=O) groups excluding carboxylic acids is 1. The van der Waals surface area contributed by atoms with Gasteiger partial charge in [0.2, 0.25) is 5.91 Å². The summed E-state index contributed by atoms with van der Waals surface area (Å²) in [6, 6.07) is 4.58. The van der Waals surface area contributed by atoms with Crippen LogP contribution in [-0.2, 0) is 16.0 Å². The van der Waals surface area contributed by atoms with Crippen molar-refractivity contribution in [2.45, 2.75) is 25.0 Å². The molecule has 7 nitrogen and oxygen atoms in total. The molecule has 7 heteroatoms. The number of fused-ring (bicyclic) bond motifs is 1. The number of carboxylic acids is 1. The molecule has 1 amide bonds. The molecule has 3 rings (SSSR count). The van der Waals surface area contributed by atoms with Crippen LogP contribution in [0.3, 0.4) is 0 Å². The maximum Gasteiger partial charge on any atom is 0.326 e. The third kappa shape index (κ3) is 2.59. The molecule has 1 fully saturated rings. The summed E-state index contributed by atoms with van der Waals surface area (Å²) in [6.07, 6.45) is 2.90. The summed E-state index contributed by atoms with van der Waals surface area (Å²) in [5.41, 5.74) is 1.31. The minimum Gasteiger partial charge on any atom is -0.480 e. The zero-order chi connectivity index (χ0) is 15.0. The minimum atomic E-state index is -1.09. The number of nitrogens with zero attached hydrogens (tertiary/aromatic N) is 3. The van der Waals surface area contributed by atoms with Gasteiger partial charge < -0.3 is 19.5 Å².